The Bertz CT molecular complexity index is 1400. The number of aliphatic hydroxyl groups is 1. The lowest BCUT2D eigenvalue weighted by Gasteiger charge is -2.35. The number of benzene rings is 2. The number of carbonyl (C=O) groups is 1. The molecule has 0 aliphatic carbocycles. The predicted octanol–water partition coefficient (Wildman–Crippen LogP) is 3.78. The summed E-state index contributed by atoms with van der Waals surface area (Å²) >= 11 is 6.39. The molecule has 2 fully saturated rings. The van der Waals surface area contributed by atoms with Crippen LogP contribution >= 0.6 is 11.6 Å². The van der Waals surface area contributed by atoms with E-state index in [4.69, 9.17) is 20.8 Å². The number of phenolic OH excluding ortho intramolecular Hbond substituents is 1. The van der Waals surface area contributed by atoms with E-state index in [1.54, 1.807) is 29.2 Å². The number of β-amino-alcohol motifs (C(OH)–C–C–N with tert-alkyl or cyclic N) is 1. The minimum absolute atomic E-state index is 0.0310. The van der Waals surface area contributed by atoms with Crippen molar-refractivity contribution in [2.45, 2.75) is 37.3 Å². The van der Waals surface area contributed by atoms with Gasteiger partial charge in [-0.05, 0) is 52.0 Å². The number of fused-ring (bicyclic) bond motifs is 1. The number of carbonyl (C=O) groups excluding carboxylic acids is 1. The van der Waals surface area contributed by atoms with Gasteiger partial charge in [-0.2, -0.15) is 0 Å². The number of likely N-dealkylation sites (tertiary alicyclic amines) is 2. The molecular formula is C28H32ClN3O6. The summed E-state index contributed by atoms with van der Waals surface area (Å²) in [6, 6.07) is 9.88. The topological polar surface area (TPSA) is 115 Å². The molecule has 0 saturated carbocycles. The van der Waals surface area contributed by atoms with E-state index in [-0.39, 0.29) is 28.2 Å². The third kappa shape index (κ3) is 5.11. The molecule has 38 heavy (non-hydrogen) atoms. The number of piperidine rings is 2. The minimum Gasteiger partial charge on any atom is -0.507 e. The quantitative estimate of drug-likeness (QED) is 0.457. The van der Waals surface area contributed by atoms with Crippen molar-refractivity contribution in [3.63, 3.8) is 0 Å². The Balaban J connectivity index is 1.64. The summed E-state index contributed by atoms with van der Waals surface area (Å²) in [6.07, 6.45) is 0.776. The van der Waals surface area contributed by atoms with Gasteiger partial charge >= 0.3 is 6.09 Å². The van der Waals surface area contributed by atoms with E-state index in [0.717, 1.165) is 12.8 Å². The average molecular weight is 542 g/mol. The number of hydrogen-bond acceptors (Lipinski definition) is 8. The molecule has 3 aromatic rings. The normalized spacial score (nSPS) is 21.1. The Morgan fingerprint density at radius 1 is 1.16 bits per heavy atom. The number of halogens is 1. The molecule has 10 heteroatoms. The number of aliphatic hydroxyl groups excluding tert-OH is 1. The first kappa shape index (κ1) is 26.5. The highest BCUT2D eigenvalue weighted by Gasteiger charge is 2.35. The van der Waals surface area contributed by atoms with E-state index >= 15 is 0 Å². The Hall–Kier alpha value is -3.11. The van der Waals surface area contributed by atoms with Crippen LogP contribution in [0.15, 0.2) is 45.6 Å². The predicted molar refractivity (Wildman–Crippen MR) is 145 cm³/mol. The molecule has 0 bridgehead atoms. The molecule has 2 aromatic carbocycles. The molecule has 2 atom stereocenters. The Labute approximate surface area is 225 Å². The molecular weight excluding hydrogens is 510 g/mol. The van der Waals surface area contributed by atoms with Crippen LogP contribution < -0.4 is 15.5 Å². The highest BCUT2D eigenvalue weighted by atomic mass is 35.5. The fourth-order valence-electron chi connectivity index (χ4n) is 5.48. The molecule has 2 aliphatic heterocycles. The fraction of sp³-hybridized carbons (Fsp3) is 0.429. The first-order valence-electron chi connectivity index (χ1n) is 12.9. The highest BCUT2D eigenvalue weighted by Crippen LogP contribution is 2.43. The molecule has 2 saturated heterocycles. The van der Waals surface area contributed by atoms with Gasteiger partial charge in [0.2, 0.25) is 0 Å². The van der Waals surface area contributed by atoms with Crippen LogP contribution in [-0.2, 0) is 0 Å². The van der Waals surface area contributed by atoms with Crippen molar-refractivity contribution in [3.05, 3.63) is 57.2 Å². The van der Waals surface area contributed by atoms with E-state index in [1.807, 2.05) is 19.0 Å². The van der Waals surface area contributed by atoms with E-state index in [2.05, 4.69) is 5.32 Å². The lowest BCUT2D eigenvalue weighted by atomic mass is 9.85. The number of nitrogens with one attached hydrogen (secondary N) is 1. The van der Waals surface area contributed by atoms with Crippen LogP contribution in [0.2, 0.25) is 5.02 Å². The SMILES string of the molecule is CNC1CCN(C(=O)Oc2cc(O)c3c(=O)cc(-c4ccccc4Cl)oc3c2[C@H]2CCN(C)C[C@H]2O)CC1. The number of amides is 1. The third-order valence-electron chi connectivity index (χ3n) is 7.64. The fourth-order valence-corrected chi connectivity index (χ4v) is 5.71. The first-order valence-corrected chi connectivity index (χ1v) is 13.2. The van der Waals surface area contributed by atoms with Crippen molar-refractivity contribution in [3.8, 4) is 22.8 Å². The van der Waals surface area contributed by atoms with Gasteiger partial charge in [0.25, 0.3) is 0 Å². The summed E-state index contributed by atoms with van der Waals surface area (Å²) in [4.78, 5) is 30.1. The summed E-state index contributed by atoms with van der Waals surface area (Å²) in [5.74, 6) is -0.559. The second kappa shape index (κ2) is 10.9. The molecule has 2 aliphatic rings. The van der Waals surface area contributed by atoms with Crippen LogP contribution in [-0.4, -0.2) is 78.5 Å². The maximum Gasteiger partial charge on any atom is 0.415 e. The monoisotopic (exact) mass is 541 g/mol. The molecule has 0 spiro atoms. The molecule has 1 amide bonds. The molecule has 0 radical (unpaired) electrons. The van der Waals surface area contributed by atoms with Gasteiger partial charge in [0.05, 0.1) is 11.1 Å². The number of aromatic hydroxyl groups is 1. The van der Waals surface area contributed by atoms with Crippen molar-refractivity contribution in [1.82, 2.24) is 15.1 Å². The molecule has 9 nitrogen and oxygen atoms in total. The summed E-state index contributed by atoms with van der Waals surface area (Å²) in [5, 5.41) is 25.6. The number of hydrogen-bond donors (Lipinski definition) is 3. The molecule has 3 N–H and O–H groups in total. The zero-order valence-electron chi connectivity index (χ0n) is 21.4. The lowest BCUT2D eigenvalue weighted by Crippen LogP contribution is -2.45. The van der Waals surface area contributed by atoms with Gasteiger partial charge < -0.3 is 34.5 Å². The second-order valence-electron chi connectivity index (χ2n) is 10.1. The maximum absolute atomic E-state index is 13.3. The van der Waals surface area contributed by atoms with Crippen molar-refractivity contribution < 1.29 is 24.2 Å². The van der Waals surface area contributed by atoms with Gasteiger partial charge in [-0.1, -0.05) is 23.7 Å². The molecule has 1 aromatic heterocycles. The van der Waals surface area contributed by atoms with Crippen molar-refractivity contribution in [1.29, 1.82) is 0 Å². The Morgan fingerprint density at radius 2 is 1.89 bits per heavy atom. The summed E-state index contributed by atoms with van der Waals surface area (Å²) in [5.41, 5.74) is 0.521. The van der Waals surface area contributed by atoms with Crippen LogP contribution in [0.5, 0.6) is 11.5 Å². The van der Waals surface area contributed by atoms with E-state index in [1.165, 1.54) is 12.1 Å². The lowest BCUT2D eigenvalue weighted by molar-refractivity contribution is 0.0627. The number of ether oxygens (including phenoxy) is 1. The number of rotatable bonds is 4. The van der Waals surface area contributed by atoms with Gasteiger partial charge in [-0.3, -0.25) is 4.79 Å². The third-order valence-corrected chi connectivity index (χ3v) is 7.97. The van der Waals surface area contributed by atoms with Crippen LogP contribution in [0.3, 0.4) is 0 Å². The molecule has 3 heterocycles. The van der Waals surface area contributed by atoms with E-state index in [0.29, 0.717) is 54.8 Å². The van der Waals surface area contributed by atoms with Crippen molar-refractivity contribution >= 4 is 28.7 Å². The molecule has 202 valence electrons. The summed E-state index contributed by atoms with van der Waals surface area (Å²) < 4.78 is 12.1. The molecule has 0 unspecified atom stereocenters. The van der Waals surface area contributed by atoms with Crippen molar-refractivity contribution in [2.75, 3.05) is 40.3 Å². The summed E-state index contributed by atoms with van der Waals surface area (Å²) in [6.45, 7) is 2.14. The standard InChI is InChI=1S/C28H32ClN3O6/c1-30-16-7-11-32(12-8-16)28(36)38-24-14-21(34)26-20(33)13-23(17-5-3-4-6-19(17)29)37-27(26)25(24)18-9-10-31(2)15-22(18)35/h3-6,13-14,16,18,22,30,34-35H,7-12,15H2,1-2H3/t18-,22+/m0/s1. The van der Waals surface area contributed by atoms with Crippen LogP contribution in [0, 0.1) is 0 Å². The first-order chi connectivity index (χ1) is 18.3. The van der Waals surface area contributed by atoms with Crippen LogP contribution in [0.1, 0.15) is 30.7 Å². The van der Waals surface area contributed by atoms with Gasteiger partial charge in [0, 0.05) is 54.9 Å². The van der Waals surface area contributed by atoms with E-state index in [9.17, 15) is 19.8 Å². The zero-order chi connectivity index (χ0) is 27.0. The van der Waals surface area contributed by atoms with Gasteiger partial charge in [0.1, 0.15) is 28.2 Å². The number of nitrogens with zero attached hydrogens (tertiary/aromatic N) is 2. The minimum atomic E-state index is -0.806. The van der Waals surface area contributed by atoms with Gasteiger partial charge in [-0.15, -0.1) is 0 Å². The zero-order valence-corrected chi connectivity index (χ0v) is 22.2. The highest BCUT2D eigenvalue weighted by molar-refractivity contribution is 6.33. The molecule has 5 rings (SSSR count). The number of likely N-dealkylation sites (N-methyl/N-ethyl adjacent to an activating group) is 1. The van der Waals surface area contributed by atoms with Crippen LogP contribution in [0.4, 0.5) is 4.79 Å². The van der Waals surface area contributed by atoms with E-state index < -0.39 is 23.5 Å². The average Bonchev–Trinajstić information content (AvgIpc) is 2.89. The van der Waals surface area contributed by atoms with Crippen molar-refractivity contribution in [2.24, 2.45) is 0 Å². The second-order valence-corrected chi connectivity index (χ2v) is 10.5. The van der Waals surface area contributed by atoms with Gasteiger partial charge in [-0.25, -0.2) is 4.79 Å². The Morgan fingerprint density at radius 3 is 2.58 bits per heavy atom. The number of phenols is 1. The van der Waals surface area contributed by atoms with Crippen LogP contribution in [0.25, 0.3) is 22.3 Å². The summed E-state index contributed by atoms with van der Waals surface area (Å²) in [7, 11) is 3.82. The largest absolute Gasteiger partial charge is 0.507 e. The van der Waals surface area contributed by atoms with Gasteiger partial charge in [0.15, 0.2) is 5.43 Å². The maximum atomic E-state index is 13.3. The smallest absolute Gasteiger partial charge is 0.415 e. The Kier molecular flexibility index (Phi) is 7.63.